The zero-order chi connectivity index (χ0) is 48.6. The molecule has 67 heavy (non-hydrogen) atoms. The zero-order valence-electron chi connectivity index (χ0n) is 42.1. The molecule has 1 aromatic carbocycles. The van der Waals surface area contributed by atoms with Gasteiger partial charge in [-0.3, -0.25) is 14.4 Å². The second-order valence-corrected chi connectivity index (χ2v) is 20.5. The molecule has 13 atom stereocenters. The Bertz CT molecular complexity index is 2080. The molecule has 0 spiro atoms. The molecule has 2 aromatic rings. The number of aryl methyl sites for hydroxylation is 1. The van der Waals surface area contributed by atoms with Crippen molar-refractivity contribution < 1.29 is 48.0 Å². The van der Waals surface area contributed by atoms with Gasteiger partial charge in [0.1, 0.15) is 24.0 Å². The number of amides is 1. The highest BCUT2D eigenvalue weighted by atomic mass is 16.7. The quantitative estimate of drug-likeness (QED) is 0.133. The molecule has 0 radical (unpaired) electrons. The van der Waals surface area contributed by atoms with E-state index < -0.39 is 59.8 Å². The van der Waals surface area contributed by atoms with Gasteiger partial charge in [0.05, 0.1) is 24.4 Å². The number of carbonyl (C=O) groups excluding carboxylic acids is 4. The fraction of sp³-hybridized carbons (Fsp3) is 0.704. The number of allylic oxidation sites excluding steroid dienone is 3. The van der Waals surface area contributed by atoms with Crippen LogP contribution in [0.1, 0.15) is 132 Å². The van der Waals surface area contributed by atoms with E-state index in [9.17, 15) is 24.3 Å². The van der Waals surface area contributed by atoms with Crippen LogP contribution in [-0.4, -0.2) is 114 Å². The van der Waals surface area contributed by atoms with Crippen LogP contribution in [0.5, 0.6) is 0 Å². The number of aromatic nitrogens is 1. The topological polar surface area (TPSA) is 155 Å². The van der Waals surface area contributed by atoms with Crippen molar-refractivity contribution in [1.82, 2.24) is 9.47 Å². The van der Waals surface area contributed by atoms with Crippen molar-refractivity contribution in [1.29, 1.82) is 0 Å². The molecule has 13 heteroatoms. The fourth-order valence-corrected chi connectivity index (χ4v) is 11.5. The molecule has 6 rings (SSSR count). The van der Waals surface area contributed by atoms with E-state index in [1.807, 2.05) is 27.7 Å². The summed E-state index contributed by atoms with van der Waals surface area (Å²) in [5, 5.41) is 17.1. The molecule has 2 bridgehead atoms. The van der Waals surface area contributed by atoms with Gasteiger partial charge in [0, 0.05) is 75.5 Å². The van der Waals surface area contributed by atoms with Crippen molar-refractivity contribution in [3.8, 4) is 0 Å². The van der Waals surface area contributed by atoms with Crippen LogP contribution in [0.15, 0.2) is 53.8 Å². The fourth-order valence-electron chi connectivity index (χ4n) is 11.5. The normalized spacial score (nSPS) is 34.8. The van der Waals surface area contributed by atoms with E-state index in [1.54, 1.807) is 28.3 Å². The van der Waals surface area contributed by atoms with Crippen LogP contribution in [0.2, 0.25) is 0 Å². The summed E-state index contributed by atoms with van der Waals surface area (Å²) in [6.45, 7) is 15.2. The van der Waals surface area contributed by atoms with Crippen LogP contribution in [0, 0.1) is 29.6 Å². The Morgan fingerprint density at radius 3 is 2.36 bits per heavy atom. The standard InChI is InChI=1S/C54H81N3O10/c1-11-23-56-25-22-40-32-41(18-20-43(40)56)55-42-19-17-38(31-46(42)63-8)29-36(6)49-35(5)16-21-45(58)39(12-2)27-33(3)26-34(4)28-47(64-9)50-48(65-10)30-37(7)54(62,67-50)51(59)52(60)57-24-14-13-15-44(57)53(61)66-49/h18,20,22,25,27,29,32,34-35,37-39,42,44,46-50,55,62H,11-17,19,21,23-24,26,28,30-31H2,1-10H3. The highest BCUT2D eigenvalue weighted by Gasteiger charge is 2.56. The van der Waals surface area contributed by atoms with Crippen molar-refractivity contribution >= 4 is 40.0 Å². The first kappa shape index (κ1) is 52.5. The number of piperidine rings is 1. The predicted octanol–water partition coefficient (Wildman–Crippen LogP) is 8.99. The summed E-state index contributed by atoms with van der Waals surface area (Å²) in [6, 6.07) is 7.78. The molecule has 2 N–H and O–H groups in total. The molecule has 4 aliphatic rings. The molecule has 13 nitrogen and oxygen atoms in total. The lowest BCUT2D eigenvalue weighted by Crippen LogP contribution is -2.64. The SMILES string of the molecule is CCCn1ccc2cc(NC3CCC(C=C(C)C4OC(=O)C5CCCCN5C(=O)C(=O)C5(O)OC(C(OC)CC(C)CC(C)=CC(CC)C(=O)CCC4C)C(OC)CC5C)CC3OC)ccc21. The predicted molar refractivity (Wildman–Crippen MR) is 260 cm³/mol. The smallest absolute Gasteiger partial charge is 0.329 e. The van der Waals surface area contributed by atoms with E-state index in [4.69, 9.17) is 23.7 Å². The number of hydrogen-bond acceptors (Lipinski definition) is 11. The van der Waals surface area contributed by atoms with Gasteiger partial charge < -0.3 is 43.6 Å². The maximum Gasteiger partial charge on any atom is 0.329 e. The van der Waals surface area contributed by atoms with Crippen molar-refractivity contribution in [3.05, 3.63) is 53.8 Å². The Kier molecular flexibility index (Phi) is 18.5. The zero-order valence-corrected chi connectivity index (χ0v) is 42.1. The number of cyclic esters (lactones) is 1. The number of esters is 1. The minimum Gasteiger partial charge on any atom is -0.456 e. The number of Topliss-reactive ketones (excluding diaryl/α,β-unsaturated/α-hetero) is 2. The van der Waals surface area contributed by atoms with Crippen LogP contribution in [0.25, 0.3) is 10.9 Å². The summed E-state index contributed by atoms with van der Waals surface area (Å²) in [5.41, 5.74) is 4.26. The number of methoxy groups -OCH3 is 3. The van der Waals surface area contributed by atoms with E-state index in [2.05, 4.69) is 66.3 Å². The van der Waals surface area contributed by atoms with Gasteiger partial charge in [-0.1, -0.05) is 52.3 Å². The lowest BCUT2D eigenvalue weighted by molar-refractivity contribution is -0.302. The maximum absolute atomic E-state index is 14.6. The Morgan fingerprint density at radius 1 is 0.925 bits per heavy atom. The number of fused-ring (bicyclic) bond motifs is 4. The molecule has 1 aliphatic carbocycles. The number of aliphatic hydroxyl groups is 1. The molecule has 1 amide bonds. The first-order valence-corrected chi connectivity index (χ1v) is 25.3. The van der Waals surface area contributed by atoms with Gasteiger partial charge in [-0.15, -0.1) is 0 Å². The number of nitrogens with one attached hydrogen (secondary N) is 1. The first-order valence-electron chi connectivity index (χ1n) is 25.3. The number of benzene rings is 1. The number of anilines is 1. The minimum atomic E-state index is -2.47. The van der Waals surface area contributed by atoms with Crippen LogP contribution in [0.4, 0.5) is 5.69 Å². The highest BCUT2D eigenvalue weighted by molar-refractivity contribution is 6.39. The molecule has 4 heterocycles. The number of ether oxygens (including phenoxy) is 5. The molecule has 2 saturated heterocycles. The van der Waals surface area contributed by atoms with Gasteiger partial charge in [0.15, 0.2) is 0 Å². The summed E-state index contributed by atoms with van der Waals surface area (Å²) < 4.78 is 33.1. The average molecular weight is 932 g/mol. The van der Waals surface area contributed by atoms with Crippen LogP contribution >= 0.6 is 0 Å². The van der Waals surface area contributed by atoms with E-state index >= 15 is 0 Å². The van der Waals surface area contributed by atoms with Crippen LogP contribution in [0.3, 0.4) is 0 Å². The molecule has 1 aromatic heterocycles. The summed E-state index contributed by atoms with van der Waals surface area (Å²) in [6.07, 6.45) is 11.9. The third-order valence-corrected chi connectivity index (χ3v) is 15.4. The first-order chi connectivity index (χ1) is 32.0. The number of ketones is 2. The second-order valence-electron chi connectivity index (χ2n) is 20.5. The third kappa shape index (κ3) is 12.3. The van der Waals surface area contributed by atoms with Crippen molar-refractivity contribution in [3.63, 3.8) is 0 Å². The van der Waals surface area contributed by atoms with E-state index in [1.165, 1.54) is 15.8 Å². The highest BCUT2D eigenvalue weighted by Crippen LogP contribution is 2.39. The summed E-state index contributed by atoms with van der Waals surface area (Å²) in [5.74, 6) is -6.05. The molecule has 3 aliphatic heterocycles. The van der Waals surface area contributed by atoms with Crippen molar-refractivity contribution in [2.45, 2.75) is 187 Å². The Morgan fingerprint density at radius 2 is 1.66 bits per heavy atom. The minimum absolute atomic E-state index is 0.0598. The molecular weight excluding hydrogens is 851 g/mol. The second kappa shape index (κ2) is 23.6. The third-order valence-electron chi connectivity index (χ3n) is 15.4. The molecule has 3 fully saturated rings. The number of carbonyl (C=O) groups is 4. The molecule has 13 unspecified atom stereocenters. The van der Waals surface area contributed by atoms with Crippen LogP contribution in [-0.2, 0) is 49.4 Å². The van der Waals surface area contributed by atoms with Gasteiger partial charge in [-0.2, -0.15) is 0 Å². The molecule has 1 saturated carbocycles. The Balaban J connectivity index is 1.27. The Hall–Kier alpha value is -3.88. The average Bonchev–Trinajstić information content (AvgIpc) is 3.72. The lowest BCUT2D eigenvalue weighted by atomic mass is 9.81. The van der Waals surface area contributed by atoms with Gasteiger partial charge >= 0.3 is 5.97 Å². The van der Waals surface area contributed by atoms with E-state index in [0.717, 1.165) is 49.1 Å². The van der Waals surface area contributed by atoms with Gasteiger partial charge in [0.25, 0.3) is 11.7 Å². The van der Waals surface area contributed by atoms with E-state index in [-0.39, 0.29) is 54.6 Å². The summed E-state index contributed by atoms with van der Waals surface area (Å²) >= 11 is 0. The molecular formula is C54H81N3O10. The Labute approximate surface area is 399 Å². The van der Waals surface area contributed by atoms with Crippen LogP contribution < -0.4 is 5.32 Å². The molecule has 372 valence electrons. The largest absolute Gasteiger partial charge is 0.456 e. The maximum atomic E-state index is 14.6. The summed E-state index contributed by atoms with van der Waals surface area (Å²) in [7, 11) is 4.89. The summed E-state index contributed by atoms with van der Waals surface area (Å²) in [4.78, 5) is 58.6. The number of nitrogens with zero attached hydrogens (tertiary/aromatic N) is 2. The lowest BCUT2D eigenvalue weighted by Gasteiger charge is -2.47. The monoisotopic (exact) mass is 932 g/mol. The van der Waals surface area contributed by atoms with Gasteiger partial charge in [0.2, 0.25) is 5.79 Å². The van der Waals surface area contributed by atoms with Gasteiger partial charge in [-0.25, -0.2) is 4.79 Å². The van der Waals surface area contributed by atoms with Gasteiger partial charge in [-0.05, 0) is 138 Å². The number of rotatable bonds is 10. The van der Waals surface area contributed by atoms with E-state index in [0.29, 0.717) is 51.4 Å². The van der Waals surface area contributed by atoms with Crippen molar-refractivity contribution in [2.24, 2.45) is 29.6 Å². The van der Waals surface area contributed by atoms with Crippen molar-refractivity contribution in [2.75, 3.05) is 33.2 Å². The number of hydrogen-bond donors (Lipinski definition) is 2.